The fourth-order valence-corrected chi connectivity index (χ4v) is 2.45. The van der Waals surface area contributed by atoms with Crippen LogP contribution in [0.2, 0.25) is 0 Å². The molecule has 1 aliphatic rings. The molecule has 0 saturated carbocycles. The molecule has 1 heterocycles. The zero-order valence-electron chi connectivity index (χ0n) is 11.4. The zero-order chi connectivity index (χ0) is 16.1. The van der Waals surface area contributed by atoms with Crippen LogP contribution in [0.1, 0.15) is 27.0 Å². The molecule has 0 aromatic heterocycles. The first-order valence-electron chi connectivity index (χ1n) is 6.46. The first kappa shape index (κ1) is 14.3. The Kier molecular flexibility index (Phi) is 3.05. The van der Waals surface area contributed by atoms with Crippen LogP contribution in [-0.2, 0) is 6.18 Å². The van der Waals surface area contributed by atoms with Gasteiger partial charge in [0.1, 0.15) is 5.56 Å². The third-order valence-electron chi connectivity index (χ3n) is 3.50. The SMILES string of the molecule is Cc1cccc(C2=[N+]([O-])c3cc(C(F)(F)F)ccc3C2=O)c1. The van der Waals surface area contributed by atoms with Crippen molar-refractivity contribution in [3.63, 3.8) is 0 Å². The molecule has 2 aromatic carbocycles. The molecule has 3 nitrogen and oxygen atoms in total. The first-order chi connectivity index (χ1) is 10.3. The zero-order valence-corrected chi connectivity index (χ0v) is 11.4. The Morgan fingerprint density at radius 1 is 1.09 bits per heavy atom. The van der Waals surface area contributed by atoms with Gasteiger partial charge in [0.15, 0.2) is 0 Å². The fraction of sp³-hybridized carbons (Fsp3) is 0.125. The van der Waals surface area contributed by atoms with Crippen molar-refractivity contribution in [1.82, 2.24) is 0 Å². The molecule has 0 radical (unpaired) electrons. The average molecular weight is 305 g/mol. The van der Waals surface area contributed by atoms with Crippen LogP contribution in [0.3, 0.4) is 0 Å². The van der Waals surface area contributed by atoms with Crippen molar-refractivity contribution in [2.45, 2.75) is 13.1 Å². The number of alkyl halides is 3. The van der Waals surface area contributed by atoms with E-state index >= 15 is 0 Å². The largest absolute Gasteiger partial charge is 0.618 e. The van der Waals surface area contributed by atoms with Crippen molar-refractivity contribution in [3.05, 3.63) is 69.9 Å². The van der Waals surface area contributed by atoms with E-state index < -0.39 is 17.5 Å². The van der Waals surface area contributed by atoms with Crippen molar-refractivity contribution in [1.29, 1.82) is 0 Å². The van der Waals surface area contributed by atoms with Crippen LogP contribution >= 0.6 is 0 Å². The van der Waals surface area contributed by atoms with E-state index in [2.05, 4.69) is 0 Å². The molecule has 112 valence electrons. The van der Waals surface area contributed by atoms with Gasteiger partial charge >= 0.3 is 6.18 Å². The third kappa shape index (κ3) is 2.16. The number of carbonyl (C=O) groups is 1. The Morgan fingerprint density at radius 3 is 2.45 bits per heavy atom. The summed E-state index contributed by atoms with van der Waals surface area (Å²) in [5.41, 5.74) is -0.151. The summed E-state index contributed by atoms with van der Waals surface area (Å²) in [6, 6.07) is 9.29. The van der Waals surface area contributed by atoms with Crippen LogP contribution in [0.4, 0.5) is 18.9 Å². The molecule has 0 unspecified atom stereocenters. The van der Waals surface area contributed by atoms with Crippen LogP contribution in [0.5, 0.6) is 0 Å². The molecule has 1 aliphatic heterocycles. The minimum absolute atomic E-state index is 0.0143. The van der Waals surface area contributed by atoms with Gasteiger partial charge in [-0.15, -0.1) is 0 Å². The van der Waals surface area contributed by atoms with E-state index in [1.54, 1.807) is 31.2 Å². The van der Waals surface area contributed by atoms with E-state index in [0.29, 0.717) is 11.6 Å². The lowest BCUT2D eigenvalue weighted by Gasteiger charge is -2.07. The second kappa shape index (κ2) is 4.69. The summed E-state index contributed by atoms with van der Waals surface area (Å²) in [4.78, 5) is 12.3. The standard InChI is InChI=1S/C16H10F3NO2/c1-9-3-2-4-10(7-9)14-15(21)12-6-5-11(16(17,18)19)8-13(12)20(14)22/h2-8H,1H3. The Balaban J connectivity index is 2.18. The average Bonchev–Trinajstić information content (AvgIpc) is 2.69. The van der Waals surface area contributed by atoms with E-state index in [-0.39, 0.29) is 21.7 Å². The normalized spacial score (nSPS) is 14.5. The summed E-state index contributed by atoms with van der Waals surface area (Å²) in [5, 5.41) is 12.3. The molecule has 0 spiro atoms. The van der Waals surface area contributed by atoms with Gasteiger partial charge in [0.2, 0.25) is 5.69 Å². The fourth-order valence-electron chi connectivity index (χ4n) is 2.45. The monoisotopic (exact) mass is 305 g/mol. The summed E-state index contributed by atoms with van der Waals surface area (Å²) < 4.78 is 38.5. The number of rotatable bonds is 1. The Bertz CT molecular complexity index is 822. The second-order valence-electron chi connectivity index (χ2n) is 5.07. The smallest absolute Gasteiger partial charge is 0.416 e. The maximum Gasteiger partial charge on any atom is 0.416 e. The number of aryl methyl sites for hydroxylation is 1. The molecule has 0 N–H and O–H groups in total. The van der Waals surface area contributed by atoms with E-state index in [1.165, 1.54) is 0 Å². The number of nitrogens with zero attached hydrogens (tertiary/aromatic N) is 1. The van der Waals surface area contributed by atoms with Crippen molar-refractivity contribution < 1.29 is 22.7 Å². The number of hydrogen-bond donors (Lipinski definition) is 0. The van der Waals surface area contributed by atoms with E-state index in [4.69, 9.17) is 0 Å². The lowest BCUT2D eigenvalue weighted by molar-refractivity contribution is -0.355. The predicted octanol–water partition coefficient (Wildman–Crippen LogP) is 3.84. The Labute approximate surface area is 123 Å². The highest BCUT2D eigenvalue weighted by Gasteiger charge is 2.39. The van der Waals surface area contributed by atoms with Gasteiger partial charge in [0, 0.05) is 6.07 Å². The molecule has 3 rings (SSSR count). The number of ketones is 1. The van der Waals surface area contributed by atoms with Gasteiger partial charge in [-0.25, -0.2) is 0 Å². The van der Waals surface area contributed by atoms with Crippen LogP contribution in [0.25, 0.3) is 0 Å². The molecule has 0 aliphatic carbocycles. The maximum atomic E-state index is 12.7. The minimum Gasteiger partial charge on any atom is -0.618 e. The summed E-state index contributed by atoms with van der Waals surface area (Å²) in [7, 11) is 0. The third-order valence-corrected chi connectivity index (χ3v) is 3.50. The van der Waals surface area contributed by atoms with Crippen molar-refractivity contribution in [3.8, 4) is 0 Å². The number of halogens is 3. The lowest BCUT2D eigenvalue weighted by Crippen LogP contribution is -2.16. The first-order valence-corrected chi connectivity index (χ1v) is 6.46. The van der Waals surface area contributed by atoms with Crippen molar-refractivity contribution >= 4 is 17.2 Å². The molecular formula is C16H10F3NO2. The highest BCUT2D eigenvalue weighted by molar-refractivity contribution is 6.52. The van der Waals surface area contributed by atoms with Crippen LogP contribution < -0.4 is 0 Å². The molecule has 2 aromatic rings. The van der Waals surface area contributed by atoms with Crippen molar-refractivity contribution in [2.24, 2.45) is 0 Å². The van der Waals surface area contributed by atoms with E-state index in [1.807, 2.05) is 0 Å². The van der Waals surface area contributed by atoms with E-state index in [9.17, 15) is 23.2 Å². The number of fused-ring (bicyclic) bond motifs is 1. The molecule has 0 bridgehead atoms. The highest BCUT2D eigenvalue weighted by atomic mass is 19.4. The quantitative estimate of drug-likeness (QED) is 0.593. The number of Topliss-reactive ketones (excluding diaryl/α,β-unsaturated/α-hetero) is 1. The van der Waals surface area contributed by atoms with E-state index in [0.717, 1.165) is 17.7 Å². The molecule has 0 fully saturated rings. The summed E-state index contributed by atoms with van der Waals surface area (Å²) >= 11 is 0. The predicted molar refractivity (Wildman–Crippen MR) is 74.3 cm³/mol. The van der Waals surface area contributed by atoms with Crippen LogP contribution in [0.15, 0.2) is 42.5 Å². The maximum absolute atomic E-state index is 12.7. The number of carbonyl (C=O) groups excluding carboxylic acids is 1. The van der Waals surface area contributed by atoms with Crippen LogP contribution in [-0.4, -0.2) is 16.2 Å². The lowest BCUT2D eigenvalue weighted by atomic mass is 10.0. The second-order valence-corrected chi connectivity index (χ2v) is 5.07. The highest BCUT2D eigenvalue weighted by Crippen LogP contribution is 2.36. The molecule has 22 heavy (non-hydrogen) atoms. The van der Waals surface area contributed by atoms with Gasteiger partial charge in [-0.1, -0.05) is 17.7 Å². The molecule has 0 atom stereocenters. The topological polar surface area (TPSA) is 43.1 Å². The summed E-state index contributed by atoms with van der Waals surface area (Å²) in [6.07, 6.45) is -4.56. The summed E-state index contributed by atoms with van der Waals surface area (Å²) in [5.74, 6) is -0.565. The van der Waals surface area contributed by atoms with Gasteiger partial charge in [0.05, 0.1) is 11.1 Å². The number of benzene rings is 2. The van der Waals surface area contributed by atoms with Gasteiger partial charge < -0.3 is 5.21 Å². The van der Waals surface area contributed by atoms with Crippen LogP contribution in [0, 0.1) is 12.1 Å². The van der Waals surface area contributed by atoms with Crippen molar-refractivity contribution in [2.75, 3.05) is 0 Å². The van der Waals surface area contributed by atoms with Gasteiger partial charge in [-0.05, 0) is 31.2 Å². The van der Waals surface area contributed by atoms with Gasteiger partial charge in [0.25, 0.3) is 11.5 Å². The summed E-state index contributed by atoms with van der Waals surface area (Å²) in [6.45, 7) is 1.80. The molecule has 6 heteroatoms. The molecule has 0 saturated heterocycles. The molecule has 0 amide bonds. The Morgan fingerprint density at radius 2 is 1.82 bits per heavy atom. The number of hydrogen-bond acceptors (Lipinski definition) is 2. The minimum atomic E-state index is -4.56. The Hall–Kier alpha value is -2.63. The molecular weight excluding hydrogens is 295 g/mol. The van der Waals surface area contributed by atoms with Gasteiger partial charge in [-0.2, -0.15) is 17.9 Å². The van der Waals surface area contributed by atoms with Gasteiger partial charge in [-0.3, -0.25) is 4.79 Å².